The molecule has 4 rings (SSSR count). The molecule has 1 aliphatic rings. The van der Waals surface area contributed by atoms with E-state index in [-0.39, 0.29) is 23.8 Å². The van der Waals surface area contributed by atoms with Crippen LogP contribution in [0.25, 0.3) is 11.2 Å². The van der Waals surface area contributed by atoms with Crippen LogP contribution in [0.5, 0.6) is 0 Å². The standard InChI is InChI=1S/C20H21FN4O/c1-13-17(14-6-8-22-9-7-14)20(26)25(19-18(13)23-10-11-24-19)12-15-4-2-3-5-16(15)21/h2-5,10-11,14,22H,6-9,12H2,1H3. The summed E-state index contributed by atoms with van der Waals surface area (Å²) < 4.78 is 15.8. The van der Waals surface area contributed by atoms with Crippen LogP contribution in [-0.4, -0.2) is 27.6 Å². The maximum Gasteiger partial charge on any atom is 0.256 e. The van der Waals surface area contributed by atoms with Gasteiger partial charge in [0.05, 0.1) is 6.54 Å². The van der Waals surface area contributed by atoms with E-state index in [0.29, 0.717) is 11.2 Å². The molecule has 1 fully saturated rings. The molecule has 0 atom stereocenters. The van der Waals surface area contributed by atoms with Crippen LogP contribution in [0.3, 0.4) is 0 Å². The first kappa shape index (κ1) is 16.8. The highest BCUT2D eigenvalue weighted by atomic mass is 19.1. The molecule has 26 heavy (non-hydrogen) atoms. The molecule has 1 aliphatic heterocycles. The smallest absolute Gasteiger partial charge is 0.256 e. The first-order chi connectivity index (χ1) is 12.7. The van der Waals surface area contributed by atoms with Crippen LogP contribution in [0.1, 0.15) is 35.4 Å². The molecule has 0 radical (unpaired) electrons. The maximum absolute atomic E-state index is 14.2. The summed E-state index contributed by atoms with van der Waals surface area (Å²) in [5.74, 6) is -0.123. The molecule has 6 heteroatoms. The monoisotopic (exact) mass is 352 g/mol. The highest BCUT2D eigenvalue weighted by Gasteiger charge is 2.24. The van der Waals surface area contributed by atoms with E-state index in [2.05, 4.69) is 15.3 Å². The normalized spacial score (nSPS) is 15.5. The van der Waals surface area contributed by atoms with Gasteiger partial charge in [-0.2, -0.15) is 0 Å². The Morgan fingerprint density at radius 2 is 1.92 bits per heavy atom. The van der Waals surface area contributed by atoms with Gasteiger partial charge in [-0.3, -0.25) is 14.3 Å². The van der Waals surface area contributed by atoms with Crippen LogP contribution in [0.15, 0.2) is 41.5 Å². The lowest BCUT2D eigenvalue weighted by Gasteiger charge is -2.25. The molecule has 0 amide bonds. The number of aryl methyl sites for hydroxylation is 1. The van der Waals surface area contributed by atoms with Crippen molar-refractivity contribution in [1.82, 2.24) is 19.9 Å². The molecular formula is C20H21FN4O. The summed E-state index contributed by atoms with van der Waals surface area (Å²) in [6, 6.07) is 6.54. The Morgan fingerprint density at radius 1 is 1.19 bits per heavy atom. The third kappa shape index (κ3) is 2.90. The van der Waals surface area contributed by atoms with Crippen LogP contribution in [0.2, 0.25) is 0 Å². The molecule has 1 aromatic carbocycles. The van der Waals surface area contributed by atoms with E-state index in [1.54, 1.807) is 35.2 Å². The highest BCUT2D eigenvalue weighted by molar-refractivity contribution is 5.75. The summed E-state index contributed by atoms with van der Waals surface area (Å²) in [4.78, 5) is 22.2. The number of rotatable bonds is 3. The average molecular weight is 352 g/mol. The number of halogens is 1. The number of nitrogens with one attached hydrogen (secondary N) is 1. The van der Waals surface area contributed by atoms with Crippen LogP contribution < -0.4 is 10.9 Å². The maximum atomic E-state index is 14.2. The zero-order valence-electron chi connectivity index (χ0n) is 14.7. The van der Waals surface area contributed by atoms with Crippen molar-refractivity contribution in [1.29, 1.82) is 0 Å². The number of hydrogen-bond donors (Lipinski definition) is 1. The molecule has 0 aliphatic carbocycles. The molecule has 3 aromatic rings. The SMILES string of the molecule is Cc1c(C2CCNCC2)c(=O)n(Cc2ccccc2F)c2nccnc12. The lowest BCUT2D eigenvalue weighted by molar-refractivity contribution is 0.454. The number of piperidine rings is 1. The summed E-state index contributed by atoms with van der Waals surface area (Å²) in [5, 5.41) is 3.34. The summed E-state index contributed by atoms with van der Waals surface area (Å²) in [6.45, 7) is 3.90. The zero-order chi connectivity index (χ0) is 18.1. The fourth-order valence-corrected chi connectivity index (χ4v) is 3.86. The van der Waals surface area contributed by atoms with Crippen molar-refractivity contribution in [2.75, 3.05) is 13.1 Å². The predicted molar refractivity (Wildman–Crippen MR) is 98.9 cm³/mol. The van der Waals surface area contributed by atoms with Crippen LogP contribution >= 0.6 is 0 Å². The summed E-state index contributed by atoms with van der Waals surface area (Å²) in [7, 11) is 0. The van der Waals surface area contributed by atoms with Crippen molar-refractivity contribution in [2.45, 2.75) is 32.2 Å². The summed E-state index contributed by atoms with van der Waals surface area (Å²) in [6.07, 6.45) is 5.05. The highest BCUT2D eigenvalue weighted by Crippen LogP contribution is 2.28. The van der Waals surface area contributed by atoms with E-state index in [4.69, 9.17) is 0 Å². The van der Waals surface area contributed by atoms with Gasteiger partial charge in [0.25, 0.3) is 5.56 Å². The van der Waals surface area contributed by atoms with E-state index in [1.807, 2.05) is 6.92 Å². The number of fused-ring (bicyclic) bond motifs is 1. The van der Waals surface area contributed by atoms with Gasteiger partial charge in [-0.25, -0.2) is 9.37 Å². The lowest BCUT2D eigenvalue weighted by Crippen LogP contribution is -2.33. The van der Waals surface area contributed by atoms with E-state index in [0.717, 1.165) is 42.6 Å². The molecule has 1 N–H and O–H groups in total. The number of hydrogen-bond acceptors (Lipinski definition) is 4. The van der Waals surface area contributed by atoms with Crippen molar-refractivity contribution in [3.8, 4) is 0 Å². The predicted octanol–water partition coefficient (Wildman–Crippen LogP) is 2.75. The molecule has 3 heterocycles. The lowest BCUT2D eigenvalue weighted by atomic mass is 9.88. The van der Waals surface area contributed by atoms with Gasteiger partial charge < -0.3 is 5.32 Å². The van der Waals surface area contributed by atoms with Crippen molar-refractivity contribution in [3.63, 3.8) is 0 Å². The molecule has 5 nitrogen and oxygen atoms in total. The minimum atomic E-state index is -0.319. The van der Waals surface area contributed by atoms with Gasteiger partial charge in [-0.1, -0.05) is 18.2 Å². The van der Waals surface area contributed by atoms with Crippen LogP contribution in [0, 0.1) is 12.7 Å². The van der Waals surface area contributed by atoms with Gasteiger partial charge >= 0.3 is 0 Å². The van der Waals surface area contributed by atoms with Crippen molar-refractivity contribution < 1.29 is 4.39 Å². The van der Waals surface area contributed by atoms with Crippen LogP contribution in [-0.2, 0) is 6.54 Å². The largest absolute Gasteiger partial charge is 0.317 e. The Morgan fingerprint density at radius 3 is 2.69 bits per heavy atom. The fraction of sp³-hybridized carbons (Fsp3) is 0.350. The molecule has 134 valence electrons. The van der Waals surface area contributed by atoms with Crippen LogP contribution in [0.4, 0.5) is 4.39 Å². The Kier molecular flexibility index (Phi) is 4.51. The first-order valence-electron chi connectivity index (χ1n) is 8.95. The Balaban J connectivity index is 1.93. The third-order valence-corrected chi connectivity index (χ3v) is 5.20. The molecule has 0 bridgehead atoms. The summed E-state index contributed by atoms with van der Waals surface area (Å²) >= 11 is 0. The molecular weight excluding hydrogens is 331 g/mol. The van der Waals surface area contributed by atoms with E-state index in [1.165, 1.54) is 6.07 Å². The number of aromatic nitrogens is 3. The molecule has 0 spiro atoms. The number of nitrogens with zero attached hydrogens (tertiary/aromatic N) is 3. The van der Waals surface area contributed by atoms with Crippen molar-refractivity contribution in [3.05, 3.63) is 69.5 Å². The second kappa shape index (κ2) is 6.96. The van der Waals surface area contributed by atoms with E-state index >= 15 is 0 Å². The second-order valence-electron chi connectivity index (χ2n) is 6.77. The third-order valence-electron chi connectivity index (χ3n) is 5.20. The average Bonchev–Trinajstić information content (AvgIpc) is 2.67. The Labute approximate surface area is 150 Å². The Bertz CT molecular complexity index is 1010. The minimum Gasteiger partial charge on any atom is -0.317 e. The quantitative estimate of drug-likeness (QED) is 0.787. The van der Waals surface area contributed by atoms with Crippen molar-refractivity contribution in [2.24, 2.45) is 0 Å². The zero-order valence-corrected chi connectivity index (χ0v) is 14.7. The van der Waals surface area contributed by atoms with Crippen molar-refractivity contribution >= 4 is 11.2 Å². The van der Waals surface area contributed by atoms with E-state index < -0.39 is 0 Å². The minimum absolute atomic E-state index is 0.0781. The van der Waals surface area contributed by atoms with Gasteiger partial charge in [0.2, 0.25) is 0 Å². The molecule has 1 saturated heterocycles. The van der Waals surface area contributed by atoms with Gasteiger partial charge in [-0.15, -0.1) is 0 Å². The van der Waals surface area contributed by atoms with Gasteiger partial charge in [0.1, 0.15) is 11.3 Å². The van der Waals surface area contributed by atoms with Gasteiger partial charge in [0.15, 0.2) is 5.65 Å². The van der Waals surface area contributed by atoms with Gasteiger partial charge in [-0.05, 0) is 50.4 Å². The fourth-order valence-electron chi connectivity index (χ4n) is 3.86. The summed E-state index contributed by atoms with van der Waals surface area (Å²) in [5.41, 5.74) is 3.32. The molecule has 0 saturated carbocycles. The van der Waals surface area contributed by atoms with Gasteiger partial charge in [0, 0.05) is 23.5 Å². The molecule has 0 unspecified atom stereocenters. The number of benzene rings is 1. The molecule has 2 aromatic heterocycles. The van der Waals surface area contributed by atoms with E-state index in [9.17, 15) is 9.18 Å². The first-order valence-corrected chi connectivity index (χ1v) is 8.95. The second-order valence-corrected chi connectivity index (χ2v) is 6.77. The topological polar surface area (TPSA) is 59.8 Å². The Hall–Kier alpha value is -2.60. The number of pyridine rings is 1.